The van der Waals surface area contributed by atoms with Crippen LogP contribution in [0.15, 0.2) is 0 Å². The largest absolute Gasteiger partial charge is 0.366 e. The van der Waals surface area contributed by atoms with Crippen LogP contribution in [0.25, 0.3) is 0 Å². The molecule has 3 saturated heterocycles. The van der Waals surface area contributed by atoms with Gasteiger partial charge in [-0.3, -0.25) is 4.90 Å². The quantitative estimate of drug-likeness (QED) is 0.429. The van der Waals surface area contributed by atoms with E-state index in [-0.39, 0.29) is 6.23 Å². The maximum Gasteiger partial charge on any atom is 0.173 e. The smallest absolute Gasteiger partial charge is 0.173 e. The van der Waals surface area contributed by atoms with E-state index >= 15 is 0 Å². The molecule has 2 N–H and O–H groups in total. The lowest BCUT2D eigenvalue weighted by Crippen LogP contribution is -2.27. The number of hydrogen-bond donors (Lipinski definition) is 2. The monoisotopic (exact) mass is 142 g/mol. The number of fused-ring (bicyclic) bond motifs is 1. The molecule has 4 nitrogen and oxygen atoms in total. The summed E-state index contributed by atoms with van der Waals surface area (Å²) in [5.41, 5.74) is 0. The molecule has 4 heteroatoms. The second-order valence-corrected chi connectivity index (χ2v) is 3.20. The molecule has 3 fully saturated rings. The van der Waals surface area contributed by atoms with Crippen LogP contribution in [0, 0.1) is 0 Å². The Morgan fingerprint density at radius 3 is 2.80 bits per heavy atom. The molecule has 56 valence electrons. The molecule has 5 atom stereocenters. The third kappa shape index (κ3) is 0.594. The van der Waals surface area contributed by atoms with Crippen LogP contribution in [0.1, 0.15) is 0 Å². The second-order valence-electron chi connectivity index (χ2n) is 3.20. The van der Waals surface area contributed by atoms with Crippen molar-refractivity contribution < 1.29 is 9.84 Å². The maximum atomic E-state index is 9.19. The minimum absolute atomic E-state index is 0.167. The molecular weight excluding hydrogens is 132 g/mol. The Balaban J connectivity index is 1.76. The van der Waals surface area contributed by atoms with Crippen molar-refractivity contribution in [3.05, 3.63) is 0 Å². The Morgan fingerprint density at radius 2 is 2.40 bits per heavy atom. The highest BCUT2D eigenvalue weighted by atomic mass is 16.6. The molecule has 3 aliphatic heterocycles. The highest BCUT2D eigenvalue weighted by Gasteiger charge is 2.57. The number of nitrogens with zero attached hydrogens (tertiary/aromatic N) is 1. The van der Waals surface area contributed by atoms with Crippen LogP contribution in [-0.2, 0) is 4.74 Å². The van der Waals surface area contributed by atoms with E-state index in [1.165, 1.54) is 0 Å². The lowest BCUT2D eigenvalue weighted by molar-refractivity contribution is -0.111. The molecule has 0 radical (unpaired) electrons. The van der Waals surface area contributed by atoms with Gasteiger partial charge in [0.25, 0.3) is 0 Å². The molecular formula is C6H10N2O2. The van der Waals surface area contributed by atoms with E-state index < -0.39 is 6.29 Å². The van der Waals surface area contributed by atoms with E-state index in [2.05, 4.69) is 10.2 Å². The van der Waals surface area contributed by atoms with E-state index in [1.54, 1.807) is 0 Å². The first-order valence-electron chi connectivity index (χ1n) is 3.69. The molecule has 10 heavy (non-hydrogen) atoms. The van der Waals surface area contributed by atoms with Crippen molar-refractivity contribution >= 4 is 0 Å². The fourth-order valence-corrected chi connectivity index (χ4v) is 1.62. The molecule has 0 saturated carbocycles. The number of aliphatic hydroxyl groups is 1. The van der Waals surface area contributed by atoms with E-state index in [9.17, 15) is 5.11 Å². The summed E-state index contributed by atoms with van der Waals surface area (Å²) in [6, 6.07) is 0.801. The van der Waals surface area contributed by atoms with Crippen LogP contribution in [0.3, 0.4) is 0 Å². The van der Waals surface area contributed by atoms with Crippen LogP contribution in [0.5, 0.6) is 0 Å². The molecule has 0 aromatic rings. The van der Waals surface area contributed by atoms with Crippen LogP contribution in [0.4, 0.5) is 0 Å². The highest BCUT2D eigenvalue weighted by Crippen LogP contribution is 2.36. The van der Waals surface area contributed by atoms with E-state index in [0.717, 1.165) is 13.1 Å². The van der Waals surface area contributed by atoms with Gasteiger partial charge in [-0.25, -0.2) is 0 Å². The van der Waals surface area contributed by atoms with Crippen LogP contribution >= 0.6 is 0 Å². The molecule has 3 aliphatic rings. The topological polar surface area (TPSA) is 54.4 Å². The summed E-state index contributed by atoms with van der Waals surface area (Å²) in [5.74, 6) is 0. The Labute approximate surface area is 58.8 Å². The normalized spacial score (nSPS) is 63.9. The van der Waals surface area contributed by atoms with E-state index in [4.69, 9.17) is 4.74 Å². The predicted octanol–water partition coefficient (Wildman–Crippen LogP) is -1.68. The highest BCUT2D eigenvalue weighted by molar-refractivity contribution is 5.06. The number of aliphatic hydroxyl groups excluding tert-OH is 1. The Kier molecular flexibility index (Phi) is 0.840. The molecule has 0 aromatic heterocycles. The second kappa shape index (κ2) is 1.53. The van der Waals surface area contributed by atoms with Crippen molar-refractivity contribution in [2.45, 2.75) is 24.6 Å². The molecule has 0 spiro atoms. The van der Waals surface area contributed by atoms with Crippen molar-refractivity contribution in [1.82, 2.24) is 10.2 Å². The van der Waals surface area contributed by atoms with Crippen molar-refractivity contribution in [2.75, 3.05) is 13.1 Å². The van der Waals surface area contributed by atoms with Gasteiger partial charge >= 0.3 is 0 Å². The van der Waals surface area contributed by atoms with Gasteiger partial charge in [0.1, 0.15) is 6.23 Å². The average molecular weight is 142 g/mol. The van der Waals surface area contributed by atoms with E-state index in [0.29, 0.717) is 12.1 Å². The fourth-order valence-electron chi connectivity index (χ4n) is 1.62. The van der Waals surface area contributed by atoms with Gasteiger partial charge in [-0.2, -0.15) is 0 Å². The van der Waals surface area contributed by atoms with Gasteiger partial charge in [0.05, 0.1) is 12.1 Å². The molecule has 2 unspecified atom stereocenters. The van der Waals surface area contributed by atoms with Crippen LogP contribution < -0.4 is 5.32 Å². The Bertz CT molecular complexity index is 171. The lowest BCUT2D eigenvalue weighted by Gasteiger charge is -2.11. The summed E-state index contributed by atoms with van der Waals surface area (Å²) in [7, 11) is 0. The number of hydrogen-bond acceptors (Lipinski definition) is 4. The van der Waals surface area contributed by atoms with Gasteiger partial charge in [-0.05, 0) is 0 Å². The summed E-state index contributed by atoms with van der Waals surface area (Å²) in [6.45, 7) is 2.06. The number of rotatable bonds is 1. The van der Waals surface area contributed by atoms with Gasteiger partial charge < -0.3 is 15.2 Å². The minimum atomic E-state index is -0.521. The van der Waals surface area contributed by atoms with Crippen molar-refractivity contribution in [2.24, 2.45) is 0 Å². The van der Waals surface area contributed by atoms with Gasteiger partial charge in [0.2, 0.25) is 0 Å². The fraction of sp³-hybridized carbons (Fsp3) is 1.00. The Morgan fingerprint density at radius 1 is 1.60 bits per heavy atom. The van der Waals surface area contributed by atoms with Gasteiger partial charge in [-0.1, -0.05) is 0 Å². The zero-order chi connectivity index (χ0) is 6.72. The predicted molar refractivity (Wildman–Crippen MR) is 33.2 cm³/mol. The summed E-state index contributed by atoms with van der Waals surface area (Å²) >= 11 is 0. The van der Waals surface area contributed by atoms with Crippen molar-refractivity contribution in [3.63, 3.8) is 0 Å². The zero-order valence-electron chi connectivity index (χ0n) is 5.53. The van der Waals surface area contributed by atoms with Crippen LogP contribution in [0.2, 0.25) is 0 Å². The third-order valence-electron chi connectivity index (χ3n) is 2.41. The molecule has 3 heterocycles. The summed E-state index contributed by atoms with van der Waals surface area (Å²) < 4.78 is 5.27. The first-order valence-corrected chi connectivity index (χ1v) is 3.69. The molecule has 3 rings (SSSR count). The van der Waals surface area contributed by atoms with Crippen LogP contribution in [-0.4, -0.2) is 47.7 Å². The third-order valence-corrected chi connectivity index (χ3v) is 2.41. The zero-order valence-corrected chi connectivity index (χ0v) is 5.53. The molecule has 0 amide bonds. The first-order chi connectivity index (χ1) is 4.86. The van der Waals surface area contributed by atoms with Gasteiger partial charge in [0, 0.05) is 13.1 Å². The van der Waals surface area contributed by atoms with E-state index in [1.807, 2.05) is 0 Å². The number of nitrogens with one attached hydrogen (secondary N) is 1. The maximum absolute atomic E-state index is 9.19. The van der Waals surface area contributed by atoms with Crippen molar-refractivity contribution in [1.29, 1.82) is 0 Å². The summed E-state index contributed by atoms with van der Waals surface area (Å²) in [6.07, 6.45) is -0.354. The minimum Gasteiger partial charge on any atom is -0.366 e. The first kappa shape index (κ1) is 5.49. The average Bonchev–Trinajstić information content (AvgIpc) is 2.81. The van der Waals surface area contributed by atoms with Gasteiger partial charge in [-0.15, -0.1) is 0 Å². The number of ether oxygens (including phenoxy) is 1. The Hall–Kier alpha value is -0.160. The molecule has 0 aliphatic carbocycles. The lowest BCUT2D eigenvalue weighted by atomic mass is 10.4. The van der Waals surface area contributed by atoms with Gasteiger partial charge in [0.15, 0.2) is 6.29 Å². The standard InChI is InChI=1S/C6H10N2O2/c9-6-4-2-8(4)5(10-6)3-1-7-3/h3-7,9H,1-2H2/t3-,4+,5?,6-,8?/m0/s1. The summed E-state index contributed by atoms with van der Waals surface area (Å²) in [5, 5.41) is 12.4. The van der Waals surface area contributed by atoms with Crippen molar-refractivity contribution in [3.8, 4) is 0 Å². The summed E-state index contributed by atoms with van der Waals surface area (Å²) in [4.78, 5) is 2.19. The molecule has 0 aromatic carbocycles. The molecule has 0 bridgehead atoms. The SMILES string of the molecule is O[C@H]1OC([C@@H]2CN2)N2C[C@H]12.